The predicted octanol–water partition coefficient (Wildman–Crippen LogP) is 2.57. The molecule has 0 heterocycles. The molecule has 0 aliphatic carbocycles. The molecular formula is C2H3Br4K. The Bertz CT molecular complexity index is 39.4. The van der Waals surface area contributed by atoms with Crippen molar-refractivity contribution < 1.29 is 0 Å². The summed E-state index contributed by atoms with van der Waals surface area (Å²) in [5.41, 5.74) is 0. The van der Waals surface area contributed by atoms with Crippen molar-refractivity contribution in [3.05, 3.63) is 0 Å². The quantitative estimate of drug-likeness (QED) is 0.444. The van der Waals surface area contributed by atoms with Crippen LogP contribution in [-0.4, -0.2) is 58.9 Å². The molecule has 0 saturated heterocycles. The van der Waals surface area contributed by atoms with Crippen molar-refractivity contribution in [2.24, 2.45) is 0 Å². The number of halogens is 4. The third-order valence-corrected chi connectivity index (χ3v) is 4.09. The first-order valence-corrected chi connectivity index (χ1v) is 4.69. The second kappa shape index (κ2) is 6.28. The van der Waals surface area contributed by atoms with Crippen LogP contribution in [0.3, 0.4) is 0 Å². The summed E-state index contributed by atoms with van der Waals surface area (Å²) in [6, 6.07) is 0. The van der Waals surface area contributed by atoms with Crippen molar-refractivity contribution >= 4 is 115 Å². The third-order valence-electron chi connectivity index (χ3n) is 0.152. The van der Waals surface area contributed by atoms with Crippen molar-refractivity contribution in [1.82, 2.24) is 0 Å². The standard InChI is InChI=1S/C2H2Br4.K.H/c3-1-2(4,5)6;;/h1H2;;. The van der Waals surface area contributed by atoms with Crippen LogP contribution in [0, 0.1) is 0 Å². The van der Waals surface area contributed by atoms with Gasteiger partial charge in [0.25, 0.3) is 0 Å². The molecular weight excluding hydrogens is 383 g/mol. The topological polar surface area (TPSA) is 0 Å². The average molecular weight is 386 g/mol. The minimum atomic E-state index is -0.104. The van der Waals surface area contributed by atoms with Gasteiger partial charge in [0.1, 0.15) is 2.14 Å². The predicted molar refractivity (Wildman–Crippen MR) is 50.5 cm³/mol. The van der Waals surface area contributed by atoms with E-state index in [9.17, 15) is 0 Å². The van der Waals surface area contributed by atoms with E-state index in [4.69, 9.17) is 0 Å². The third kappa shape index (κ3) is 12.7. The monoisotopic (exact) mass is 382 g/mol. The molecule has 0 nitrogen and oxygen atoms in total. The first kappa shape index (κ1) is 13.2. The van der Waals surface area contributed by atoms with Gasteiger partial charge in [-0.1, -0.05) is 63.7 Å². The van der Waals surface area contributed by atoms with Gasteiger partial charge in [0, 0.05) is 5.33 Å². The molecule has 0 N–H and O–H groups in total. The SMILES string of the molecule is BrCC(Br)(Br)Br.[KH]. The summed E-state index contributed by atoms with van der Waals surface area (Å²) in [6.45, 7) is 0. The Labute approximate surface area is 119 Å². The van der Waals surface area contributed by atoms with E-state index in [-0.39, 0.29) is 53.5 Å². The van der Waals surface area contributed by atoms with Crippen molar-refractivity contribution in [1.29, 1.82) is 0 Å². The van der Waals surface area contributed by atoms with Crippen LogP contribution >= 0.6 is 63.7 Å². The van der Waals surface area contributed by atoms with Gasteiger partial charge >= 0.3 is 51.4 Å². The Balaban J connectivity index is 0. The molecule has 0 bridgehead atoms. The summed E-state index contributed by atoms with van der Waals surface area (Å²) in [5, 5.41) is 0.833. The summed E-state index contributed by atoms with van der Waals surface area (Å²) in [4.78, 5) is 0. The van der Waals surface area contributed by atoms with Gasteiger partial charge in [0.05, 0.1) is 0 Å². The normalized spacial score (nSPS) is 10.3. The van der Waals surface area contributed by atoms with Gasteiger partial charge in [-0.25, -0.2) is 0 Å². The molecule has 0 aliphatic heterocycles. The van der Waals surface area contributed by atoms with E-state index >= 15 is 0 Å². The van der Waals surface area contributed by atoms with Crippen LogP contribution in [-0.2, 0) is 0 Å². The van der Waals surface area contributed by atoms with Crippen LogP contribution < -0.4 is 0 Å². The number of alkyl halides is 4. The van der Waals surface area contributed by atoms with Crippen LogP contribution in [0.2, 0.25) is 0 Å². The molecule has 0 saturated carbocycles. The number of hydrogen-bond donors (Lipinski definition) is 0. The van der Waals surface area contributed by atoms with Crippen LogP contribution in [0.5, 0.6) is 0 Å². The van der Waals surface area contributed by atoms with E-state index in [1.165, 1.54) is 0 Å². The molecule has 0 fully saturated rings. The summed E-state index contributed by atoms with van der Waals surface area (Å²) < 4.78 is -0.104. The van der Waals surface area contributed by atoms with E-state index in [1.807, 2.05) is 0 Å². The van der Waals surface area contributed by atoms with Gasteiger partial charge in [-0.15, -0.1) is 0 Å². The Morgan fingerprint density at radius 1 is 1.14 bits per heavy atom. The molecule has 0 aliphatic rings. The molecule has 40 valence electrons. The second-order valence-electron chi connectivity index (χ2n) is 0.749. The van der Waals surface area contributed by atoms with Crippen molar-refractivity contribution in [3.63, 3.8) is 0 Å². The summed E-state index contributed by atoms with van der Waals surface area (Å²) in [6.07, 6.45) is 0. The van der Waals surface area contributed by atoms with E-state index in [0.29, 0.717) is 0 Å². The van der Waals surface area contributed by atoms with Crippen LogP contribution in [0.15, 0.2) is 0 Å². The molecule has 0 amide bonds. The first-order chi connectivity index (χ1) is 2.56. The van der Waals surface area contributed by atoms with Gasteiger partial charge in [0.15, 0.2) is 0 Å². The summed E-state index contributed by atoms with van der Waals surface area (Å²) in [7, 11) is 0. The summed E-state index contributed by atoms with van der Waals surface area (Å²) >= 11 is 13.0. The molecule has 5 heteroatoms. The van der Waals surface area contributed by atoms with Gasteiger partial charge in [0.2, 0.25) is 0 Å². The van der Waals surface area contributed by atoms with Gasteiger partial charge in [-0.2, -0.15) is 0 Å². The van der Waals surface area contributed by atoms with Crippen LogP contribution in [0.1, 0.15) is 0 Å². The Morgan fingerprint density at radius 2 is 1.29 bits per heavy atom. The zero-order chi connectivity index (χ0) is 5.21. The fourth-order valence-corrected chi connectivity index (χ4v) is 0. The molecule has 0 radical (unpaired) electrons. The van der Waals surface area contributed by atoms with Gasteiger partial charge < -0.3 is 0 Å². The van der Waals surface area contributed by atoms with E-state index in [0.717, 1.165) is 5.33 Å². The number of rotatable bonds is 0. The molecule has 0 aromatic carbocycles. The van der Waals surface area contributed by atoms with E-state index in [1.54, 1.807) is 0 Å². The molecule has 0 aromatic rings. The van der Waals surface area contributed by atoms with E-state index in [2.05, 4.69) is 63.7 Å². The fourth-order valence-electron chi connectivity index (χ4n) is 0. The molecule has 0 aromatic heterocycles. The second-order valence-corrected chi connectivity index (χ2v) is 8.56. The fraction of sp³-hybridized carbons (Fsp3) is 1.00. The van der Waals surface area contributed by atoms with Crippen molar-refractivity contribution in [2.45, 2.75) is 2.14 Å². The van der Waals surface area contributed by atoms with Crippen molar-refractivity contribution in [3.8, 4) is 0 Å². The summed E-state index contributed by atoms with van der Waals surface area (Å²) in [5.74, 6) is 0. The van der Waals surface area contributed by atoms with Crippen molar-refractivity contribution in [2.75, 3.05) is 5.33 Å². The molecule has 0 atom stereocenters. The maximum absolute atomic E-state index is 3.26. The Kier molecular flexibility index (Phi) is 11.8. The zero-order valence-electron chi connectivity index (χ0n) is 2.72. The minimum absolute atomic E-state index is 0. The molecule has 7 heavy (non-hydrogen) atoms. The molecule has 0 spiro atoms. The van der Waals surface area contributed by atoms with Gasteiger partial charge in [-0.3, -0.25) is 0 Å². The van der Waals surface area contributed by atoms with Gasteiger partial charge in [-0.05, 0) is 0 Å². The van der Waals surface area contributed by atoms with Crippen LogP contribution in [0.25, 0.3) is 0 Å². The van der Waals surface area contributed by atoms with E-state index < -0.39 is 0 Å². The maximum atomic E-state index is 3.26. The Hall–Kier alpha value is 3.56. The molecule has 0 unspecified atom stereocenters. The zero-order valence-corrected chi connectivity index (χ0v) is 9.06. The Morgan fingerprint density at radius 3 is 1.29 bits per heavy atom. The first-order valence-electron chi connectivity index (χ1n) is 1.19. The van der Waals surface area contributed by atoms with Crippen LogP contribution in [0.4, 0.5) is 0 Å². The number of hydrogen-bond acceptors (Lipinski definition) is 0. The average Bonchev–Trinajstić information content (AvgIpc) is 1.35. The molecule has 0 rings (SSSR count).